The van der Waals surface area contributed by atoms with Crippen molar-refractivity contribution in [1.82, 2.24) is 24.0 Å². The number of nitrogens with zero attached hydrogens (tertiary/aromatic N) is 5. The van der Waals surface area contributed by atoms with Crippen molar-refractivity contribution in [1.29, 1.82) is 0 Å². The highest BCUT2D eigenvalue weighted by molar-refractivity contribution is 5.74. The number of aliphatic hydroxyl groups excluding tert-OH is 1. The van der Waals surface area contributed by atoms with Gasteiger partial charge >= 0.3 is 5.69 Å². The molecule has 1 aliphatic heterocycles. The van der Waals surface area contributed by atoms with Gasteiger partial charge in [0.2, 0.25) is 5.95 Å². The van der Waals surface area contributed by atoms with Crippen LogP contribution in [0.3, 0.4) is 0 Å². The third kappa shape index (κ3) is 4.40. The Labute approximate surface area is 202 Å². The van der Waals surface area contributed by atoms with Crippen LogP contribution in [0.1, 0.15) is 24.1 Å². The number of benzene rings is 2. The molecule has 9 heteroatoms. The van der Waals surface area contributed by atoms with Gasteiger partial charge in [-0.15, -0.1) is 0 Å². The number of aryl methyl sites for hydroxylation is 1. The minimum absolute atomic E-state index is 0.138. The molecule has 2 aromatic heterocycles. The first kappa shape index (κ1) is 23.1. The summed E-state index contributed by atoms with van der Waals surface area (Å²) in [5.74, 6) is 0.600. The highest BCUT2D eigenvalue weighted by Crippen LogP contribution is 2.30. The lowest BCUT2D eigenvalue weighted by molar-refractivity contribution is 0.174. The summed E-state index contributed by atoms with van der Waals surface area (Å²) in [5.41, 5.74) is 2.12. The molecule has 1 fully saturated rings. The van der Waals surface area contributed by atoms with Gasteiger partial charge in [0.05, 0.1) is 18.7 Å². The molecule has 1 atom stereocenters. The van der Waals surface area contributed by atoms with Crippen molar-refractivity contribution in [2.75, 3.05) is 31.1 Å². The number of rotatable bonds is 6. The molecule has 0 bridgehead atoms. The van der Waals surface area contributed by atoms with Crippen molar-refractivity contribution in [3.05, 3.63) is 92.6 Å². The highest BCUT2D eigenvalue weighted by atomic mass is 16.3. The van der Waals surface area contributed by atoms with Gasteiger partial charge in [0.25, 0.3) is 5.56 Å². The van der Waals surface area contributed by atoms with E-state index < -0.39 is 17.4 Å². The molecule has 0 amide bonds. The summed E-state index contributed by atoms with van der Waals surface area (Å²) in [6, 6.07) is 21.2. The summed E-state index contributed by atoms with van der Waals surface area (Å²) in [4.78, 5) is 36.5. The van der Waals surface area contributed by atoms with Crippen molar-refractivity contribution in [2.45, 2.75) is 25.6 Å². The van der Waals surface area contributed by atoms with Gasteiger partial charge in [0.1, 0.15) is 0 Å². The number of aliphatic hydroxyl groups is 1. The molecule has 0 aliphatic carbocycles. The monoisotopic (exact) mass is 474 g/mol. The van der Waals surface area contributed by atoms with E-state index in [1.54, 1.807) is 18.5 Å². The molecular weight excluding hydrogens is 444 g/mol. The van der Waals surface area contributed by atoms with E-state index >= 15 is 0 Å². The van der Waals surface area contributed by atoms with Crippen molar-refractivity contribution in [3.63, 3.8) is 0 Å². The standard InChI is InChI=1S/C26H30N6O3/c1-18(33)17-32-22-23(29(2)26(35)28-24(22)34)27-25(32)31-15-13-30(14-16-31)21(19-9-5-3-6-10-19)20-11-7-4-8-12-20/h3-12,18,21,33H,13-17H2,1-2H3,(H,28,34,35)/t18-/m1/s1. The van der Waals surface area contributed by atoms with Crippen LogP contribution in [-0.4, -0.2) is 61.4 Å². The molecule has 1 saturated heterocycles. The fourth-order valence-electron chi connectivity index (χ4n) is 4.97. The maximum atomic E-state index is 12.7. The average molecular weight is 475 g/mol. The summed E-state index contributed by atoms with van der Waals surface area (Å²) in [7, 11) is 1.59. The second-order valence-corrected chi connectivity index (χ2v) is 9.11. The van der Waals surface area contributed by atoms with Crippen molar-refractivity contribution in [2.24, 2.45) is 7.05 Å². The fourth-order valence-corrected chi connectivity index (χ4v) is 4.97. The lowest BCUT2D eigenvalue weighted by Gasteiger charge is -2.40. The van der Waals surface area contributed by atoms with E-state index in [-0.39, 0.29) is 12.6 Å². The zero-order valence-corrected chi connectivity index (χ0v) is 20.0. The first-order valence-corrected chi connectivity index (χ1v) is 11.9. The van der Waals surface area contributed by atoms with Crippen LogP contribution in [-0.2, 0) is 13.6 Å². The van der Waals surface area contributed by atoms with E-state index in [1.807, 2.05) is 12.1 Å². The molecule has 3 heterocycles. The van der Waals surface area contributed by atoms with Crippen LogP contribution < -0.4 is 16.1 Å². The maximum Gasteiger partial charge on any atom is 0.329 e. The molecule has 1 aliphatic rings. The summed E-state index contributed by atoms with van der Waals surface area (Å²) in [5, 5.41) is 10.1. The Kier molecular flexibility index (Phi) is 6.27. The number of hydrogen-bond donors (Lipinski definition) is 2. The molecule has 4 aromatic rings. The van der Waals surface area contributed by atoms with Gasteiger partial charge in [-0.1, -0.05) is 60.7 Å². The van der Waals surface area contributed by atoms with Crippen molar-refractivity contribution in [3.8, 4) is 0 Å². The smallest absolute Gasteiger partial charge is 0.329 e. The van der Waals surface area contributed by atoms with Gasteiger partial charge in [-0.05, 0) is 18.1 Å². The van der Waals surface area contributed by atoms with Gasteiger partial charge in [0.15, 0.2) is 11.2 Å². The van der Waals surface area contributed by atoms with Gasteiger partial charge in [-0.3, -0.25) is 19.2 Å². The normalized spacial score (nSPS) is 15.7. The summed E-state index contributed by atoms with van der Waals surface area (Å²) in [6.45, 7) is 4.87. The van der Waals surface area contributed by atoms with E-state index in [0.29, 0.717) is 30.2 Å². The van der Waals surface area contributed by atoms with E-state index in [1.165, 1.54) is 15.7 Å². The zero-order chi connectivity index (χ0) is 24.5. The second-order valence-electron chi connectivity index (χ2n) is 9.11. The zero-order valence-electron chi connectivity index (χ0n) is 20.0. The first-order valence-electron chi connectivity index (χ1n) is 11.9. The number of H-pyrrole nitrogens is 1. The Morgan fingerprint density at radius 1 is 0.943 bits per heavy atom. The predicted molar refractivity (Wildman–Crippen MR) is 136 cm³/mol. The van der Waals surface area contributed by atoms with Crippen LogP contribution in [0.5, 0.6) is 0 Å². The third-order valence-electron chi connectivity index (χ3n) is 6.63. The Hall–Kier alpha value is -3.69. The molecule has 2 aromatic carbocycles. The summed E-state index contributed by atoms with van der Waals surface area (Å²) in [6.07, 6.45) is -0.676. The van der Waals surface area contributed by atoms with Gasteiger partial charge in [-0.2, -0.15) is 4.98 Å². The number of aromatic nitrogens is 4. The molecule has 5 rings (SSSR count). The van der Waals surface area contributed by atoms with E-state index in [0.717, 1.165) is 13.1 Å². The Morgan fingerprint density at radius 3 is 2.06 bits per heavy atom. The van der Waals surface area contributed by atoms with E-state index in [9.17, 15) is 14.7 Å². The minimum Gasteiger partial charge on any atom is -0.392 e. The van der Waals surface area contributed by atoms with Crippen LogP contribution in [0.4, 0.5) is 5.95 Å². The quantitative estimate of drug-likeness (QED) is 0.442. The number of hydrogen-bond acceptors (Lipinski definition) is 6. The molecule has 0 radical (unpaired) electrons. The lowest BCUT2D eigenvalue weighted by atomic mass is 9.96. The number of nitrogens with one attached hydrogen (secondary N) is 1. The fraction of sp³-hybridized carbons (Fsp3) is 0.346. The number of fused-ring (bicyclic) bond motifs is 1. The largest absolute Gasteiger partial charge is 0.392 e. The maximum absolute atomic E-state index is 12.7. The second kappa shape index (κ2) is 9.52. The third-order valence-corrected chi connectivity index (χ3v) is 6.63. The van der Waals surface area contributed by atoms with Crippen LogP contribution in [0.25, 0.3) is 11.2 Å². The molecule has 182 valence electrons. The molecule has 9 nitrogen and oxygen atoms in total. The summed E-state index contributed by atoms with van der Waals surface area (Å²) < 4.78 is 3.08. The molecule has 0 unspecified atom stereocenters. The topological polar surface area (TPSA) is 99.4 Å². The van der Waals surface area contributed by atoms with Crippen molar-refractivity contribution < 1.29 is 5.11 Å². The Bertz CT molecular complexity index is 1380. The van der Waals surface area contributed by atoms with Gasteiger partial charge in [0, 0.05) is 33.2 Å². The van der Waals surface area contributed by atoms with Gasteiger partial charge in [-0.25, -0.2) is 4.79 Å². The minimum atomic E-state index is -0.676. The molecular formula is C26H30N6O3. The summed E-state index contributed by atoms with van der Waals surface area (Å²) >= 11 is 0. The van der Waals surface area contributed by atoms with Crippen LogP contribution in [0, 0.1) is 0 Å². The van der Waals surface area contributed by atoms with E-state index in [4.69, 9.17) is 4.98 Å². The van der Waals surface area contributed by atoms with Crippen molar-refractivity contribution >= 4 is 17.1 Å². The van der Waals surface area contributed by atoms with Crippen LogP contribution in [0.15, 0.2) is 70.3 Å². The highest BCUT2D eigenvalue weighted by Gasteiger charge is 2.29. The number of aromatic amines is 1. The number of imidazole rings is 1. The first-order chi connectivity index (χ1) is 16.9. The average Bonchev–Trinajstić information content (AvgIpc) is 3.24. The molecule has 0 saturated carbocycles. The van der Waals surface area contributed by atoms with E-state index in [2.05, 4.69) is 63.3 Å². The number of anilines is 1. The Balaban J connectivity index is 1.47. The lowest BCUT2D eigenvalue weighted by Crippen LogP contribution is -2.48. The molecule has 35 heavy (non-hydrogen) atoms. The SMILES string of the molecule is C[C@@H](O)Cn1c(N2CCN(C(c3ccccc3)c3ccccc3)CC2)nc2c1c(=O)[nH]c(=O)n2C. The van der Waals surface area contributed by atoms with Crippen LogP contribution >= 0.6 is 0 Å². The molecule has 0 spiro atoms. The predicted octanol–water partition coefficient (Wildman–Crippen LogP) is 1.72. The van der Waals surface area contributed by atoms with Gasteiger partial charge < -0.3 is 14.6 Å². The number of piperazine rings is 1. The Morgan fingerprint density at radius 2 is 1.51 bits per heavy atom. The molecule has 2 N–H and O–H groups in total. The van der Waals surface area contributed by atoms with Crippen LogP contribution in [0.2, 0.25) is 0 Å².